The smallest absolute Gasteiger partial charge is 0.106 e. The molecule has 1 saturated carbocycles. The predicted molar refractivity (Wildman–Crippen MR) is 84.7 cm³/mol. The number of rotatable bonds is 2. The molecule has 1 aromatic rings. The van der Waals surface area contributed by atoms with E-state index in [0.29, 0.717) is 10.4 Å². The number of anilines is 1. The second-order valence-electron chi connectivity index (χ2n) is 6.08. The normalized spacial score (nSPS) is 21.8. The van der Waals surface area contributed by atoms with E-state index >= 15 is 0 Å². The summed E-state index contributed by atoms with van der Waals surface area (Å²) in [7, 11) is 0. The summed E-state index contributed by atoms with van der Waals surface area (Å²) in [6.45, 7) is 2.30. The van der Waals surface area contributed by atoms with E-state index in [4.69, 9.17) is 18.0 Å². The van der Waals surface area contributed by atoms with Crippen LogP contribution in [0.4, 0.5) is 5.69 Å². The van der Waals surface area contributed by atoms with Gasteiger partial charge in [0.2, 0.25) is 0 Å². The lowest BCUT2D eigenvalue weighted by molar-refractivity contribution is 0.226. The largest absolute Gasteiger partial charge is 0.389 e. The summed E-state index contributed by atoms with van der Waals surface area (Å²) in [5.74, 6) is 0. The molecule has 2 N–H and O–H groups in total. The van der Waals surface area contributed by atoms with E-state index < -0.39 is 0 Å². The number of hydrogen-bond acceptors (Lipinski definition) is 2. The Morgan fingerprint density at radius 2 is 1.68 bits per heavy atom. The quantitative estimate of drug-likeness (QED) is 0.837. The van der Waals surface area contributed by atoms with Crippen LogP contribution >= 0.6 is 12.2 Å². The molecule has 0 aromatic heterocycles. The fourth-order valence-corrected chi connectivity index (χ4v) is 3.98. The minimum Gasteiger partial charge on any atom is -0.389 e. The number of para-hydroxylation sites is 1. The molecule has 3 heteroatoms. The van der Waals surface area contributed by atoms with Crippen LogP contribution < -0.4 is 10.6 Å². The van der Waals surface area contributed by atoms with Crippen molar-refractivity contribution in [2.24, 2.45) is 11.1 Å². The molecule has 1 saturated heterocycles. The molecule has 1 aliphatic heterocycles. The van der Waals surface area contributed by atoms with Gasteiger partial charge in [-0.2, -0.15) is 0 Å². The molecule has 0 bridgehead atoms. The molecule has 0 radical (unpaired) electrons. The molecule has 2 fully saturated rings. The Balaban J connectivity index is 1.76. The molecule has 0 atom stereocenters. The molecule has 3 rings (SSSR count). The first-order chi connectivity index (χ1) is 9.20. The Hall–Kier alpha value is -1.09. The Labute approximate surface area is 121 Å². The highest BCUT2D eigenvalue weighted by Gasteiger charge is 2.37. The van der Waals surface area contributed by atoms with E-state index in [0.717, 1.165) is 18.7 Å². The maximum atomic E-state index is 5.84. The SMILES string of the molecule is NC(=S)c1ccccc1N1CCC2(CCCC2)CC1. The molecular weight excluding hydrogens is 252 g/mol. The number of piperidine rings is 1. The van der Waals surface area contributed by atoms with Crippen LogP contribution in [0.25, 0.3) is 0 Å². The fraction of sp³-hybridized carbons (Fsp3) is 0.562. The average molecular weight is 274 g/mol. The van der Waals surface area contributed by atoms with E-state index in [-0.39, 0.29) is 0 Å². The van der Waals surface area contributed by atoms with Crippen LogP contribution in [0, 0.1) is 5.41 Å². The first-order valence-electron chi connectivity index (χ1n) is 7.34. The molecule has 19 heavy (non-hydrogen) atoms. The Morgan fingerprint density at radius 3 is 2.32 bits per heavy atom. The lowest BCUT2D eigenvalue weighted by Crippen LogP contribution is -2.39. The Kier molecular flexibility index (Phi) is 3.48. The van der Waals surface area contributed by atoms with Crippen LogP contribution in [0.15, 0.2) is 24.3 Å². The molecular formula is C16H22N2S. The Bertz CT molecular complexity index is 467. The van der Waals surface area contributed by atoms with E-state index in [9.17, 15) is 0 Å². The highest BCUT2D eigenvalue weighted by Crippen LogP contribution is 2.46. The second kappa shape index (κ2) is 5.12. The van der Waals surface area contributed by atoms with Crippen LogP contribution in [-0.2, 0) is 0 Å². The third-order valence-electron chi connectivity index (χ3n) is 5.00. The van der Waals surface area contributed by atoms with Gasteiger partial charge in [-0.05, 0) is 43.2 Å². The van der Waals surface area contributed by atoms with Gasteiger partial charge in [0.1, 0.15) is 4.99 Å². The molecule has 102 valence electrons. The van der Waals surface area contributed by atoms with Crippen molar-refractivity contribution in [1.29, 1.82) is 0 Å². The van der Waals surface area contributed by atoms with Crippen molar-refractivity contribution in [2.45, 2.75) is 38.5 Å². The molecule has 1 aliphatic carbocycles. The zero-order valence-corrected chi connectivity index (χ0v) is 12.2. The second-order valence-corrected chi connectivity index (χ2v) is 6.52. The maximum Gasteiger partial charge on any atom is 0.106 e. The zero-order valence-electron chi connectivity index (χ0n) is 11.4. The van der Waals surface area contributed by atoms with Crippen molar-refractivity contribution in [2.75, 3.05) is 18.0 Å². The third kappa shape index (κ3) is 2.48. The maximum absolute atomic E-state index is 5.84. The van der Waals surface area contributed by atoms with Gasteiger partial charge in [0.05, 0.1) is 0 Å². The number of hydrogen-bond donors (Lipinski definition) is 1. The zero-order chi connectivity index (χ0) is 13.3. The fourth-order valence-electron chi connectivity index (χ4n) is 3.80. The minimum atomic E-state index is 0.511. The van der Waals surface area contributed by atoms with Crippen LogP contribution in [0.3, 0.4) is 0 Å². The van der Waals surface area contributed by atoms with Crippen molar-refractivity contribution in [3.63, 3.8) is 0 Å². The molecule has 2 nitrogen and oxygen atoms in total. The summed E-state index contributed by atoms with van der Waals surface area (Å²) in [4.78, 5) is 2.98. The third-order valence-corrected chi connectivity index (χ3v) is 5.22. The van der Waals surface area contributed by atoms with Gasteiger partial charge in [0.15, 0.2) is 0 Å². The van der Waals surface area contributed by atoms with Crippen molar-refractivity contribution in [3.8, 4) is 0 Å². The summed E-state index contributed by atoms with van der Waals surface area (Å²) in [5, 5.41) is 0. The molecule has 1 heterocycles. The van der Waals surface area contributed by atoms with Crippen LogP contribution in [0.1, 0.15) is 44.1 Å². The Morgan fingerprint density at radius 1 is 1.05 bits per heavy atom. The summed E-state index contributed by atoms with van der Waals surface area (Å²) in [6.07, 6.45) is 8.42. The van der Waals surface area contributed by atoms with Gasteiger partial charge in [-0.25, -0.2) is 0 Å². The van der Waals surface area contributed by atoms with Gasteiger partial charge < -0.3 is 10.6 Å². The lowest BCUT2D eigenvalue weighted by Gasteiger charge is -2.41. The van der Waals surface area contributed by atoms with Gasteiger partial charge >= 0.3 is 0 Å². The van der Waals surface area contributed by atoms with Crippen molar-refractivity contribution in [1.82, 2.24) is 0 Å². The van der Waals surface area contributed by atoms with Crippen LogP contribution in [0.5, 0.6) is 0 Å². The van der Waals surface area contributed by atoms with Crippen molar-refractivity contribution < 1.29 is 0 Å². The van der Waals surface area contributed by atoms with Crippen molar-refractivity contribution in [3.05, 3.63) is 29.8 Å². The monoisotopic (exact) mass is 274 g/mol. The highest BCUT2D eigenvalue weighted by atomic mass is 32.1. The lowest BCUT2D eigenvalue weighted by atomic mass is 9.77. The molecule has 1 aromatic carbocycles. The number of thiocarbonyl (C=S) groups is 1. The van der Waals surface area contributed by atoms with Crippen molar-refractivity contribution >= 4 is 22.9 Å². The molecule has 0 unspecified atom stereocenters. The van der Waals surface area contributed by atoms with Gasteiger partial charge in [-0.1, -0.05) is 37.2 Å². The number of nitrogens with zero attached hydrogens (tertiary/aromatic N) is 1. The molecule has 1 spiro atoms. The van der Waals surface area contributed by atoms with E-state index in [1.165, 1.54) is 44.2 Å². The average Bonchev–Trinajstić information content (AvgIpc) is 2.88. The summed E-state index contributed by atoms with van der Waals surface area (Å²) < 4.78 is 0. The summed E-state index contributed by atoms with van der Waals surface area (Å²) in [6, 6.07) is 8.29. The van der Waals surface area contributed by atoms with Gasteiger partial charge in [0.25, 0.3) is 0 Å². The minimum absolute atomic E-state index is 0.511. The van der Waals surface area contributed by atoms with Crippen LogP contribution in [0.2, 0.25) is 0 Å². The standard InChI is InChI=1S/C16H22N2S/c17-15(19)13-5-1-2-6-14(13)18-11-9-16(10-12-18)7-3-4-8-16/h1-2,5-6H,3-4,7-12H2,(H2,17,19). The van der Waals surface area contributed by atoms with Gasteiger partial charge in [-0.3, -0.25) is 0 Å². The van der Waals surface area contributed by atoms with E-state index in [1.54, 1.807) is 0 Å². The predicted octanol–water partition coefficient (Wildman–Crippen LogP) is 3.48. The van der Waals surface area contributed by atoms with Crippen LogP contribution in [-0.4, -0.2) is 18.1 Å². The molecule has 0 amide bonds. The first-order valence-corrected chi connectivity index (χ1v) is 7.75. The highest BCUT2D eigenvalue weighted by molar-refractivity contribution is 7.80. The first kappa shape index (κ1) is 12.9. The van der Waals surface area contributed by atoms with E-state index in [1.807, 2.05) is 12.1 Å². The van der Waals surface area contributed by atoms with E-state index in [2.05, 4.69) is 17.0 Å². The summed E-state index contributed by atoms with van der Waals surface area (Å²) in [5.41, 5.74) is 8.76. The number of nitrogens with two attached hydrogens (primary N) is 1. The van der Waals surface area contributed by atoms with Gasteiger partial charge in [0, 0.05) is 24.3 Å². The van der Waals surface area contributed by atoms with Gasteiger partial charge in [-0.15, -0.1) is 0 Å². The number of benzene rings is 1. The topological polar surface area (TPSA) is 29.3 Å². The summed E-state index contributed by atoms with van der Waals surface area (Å²) >= 11 is 5.17. The molecule has 2 aliphatic rings.